The maximum Gasteiger partial charge on any atom is 0.335 e. The lowest BCUT2D eigenvalue weighted by Gasteiger charge is -2.12. The third-order valence-electron chi connectivity index (χ3n) is 5.18. The number of phenolic OH excluding ortho intramolecular Hbond substituents is 1. The van der Waals surface area contributed by atoms with E-state index < -0.39 is 11.9 Å². The lowest BCUT2D eigenvalue weighted by Crippen LogP contribution is -2.28. The van der Waals surface area contributed by atoms with Crippen LogP contribution in [0.1, 0.15) is 28.4 Å². The van der Waals surface area contributed by atoms with E-state index in [1.54, 1.807) is 31.2 Å². The van der Waals surface area contributed by atoms with Crippen LogP contribution in [0.25, 0.3) is 11.1 Å². The summed E-state index contributed by atoms with van der Waals surface area (Å²) >= 11 is 0. The number of benzene rings is 3. The van der Waals surface area contributed by atoms with Gasteiger partial charge in [-0.25, -0.2) is 4.79 Å². The van der Waals surface area contributed by atoms with Gasteiger partial charge in [0, 0.05) is 5.56 Å². The molecule has 33 heavy (non-hydrogen) atoms. The van der Waals surface area contributed by atoms with Gasteiger partial charge < -0.3 is 10.2 Å². The normalized spacial score (nSPS) is 14.5. The number of anilines is 2. The van der Waals surface area contributed by atoms with Crippen molar-refractivity contribution in [3.8, 4) is 16.9 Å². The molecule has 0 saturated heterocycles. The first-order valence-corrected chi connectivity index (χ1v) is 10.2. The van der Waals surface area contributed by atoms with Crippen molar-refractivity contribution < 1.29 is 19.8 Å². The summed E-state index contributed by atoms with van der Waals surface area (Å²) in [5, 5.41) is 29.5. The molecular formula is C25H22N4O4. The molecule has 1 aliphatic heterocycles. The van der Waals surface area contributed by atoms with Crippen molar-refractivity contribution in [2.75, 3.05) is 10.4 Å². The molecule has 3 aromatic rings. The molecule has 0 aromatic heterocycles. The standard InChI is InChI=1S/C25H22N4O4/c1-14-10-15(2)12-18(11-14)20-8-5-9-21(23(20)30)26-27-22-16(3)28-29(24(22)31)19-7-4-6-17(13-19)25(32)33/h4-13,26,30H,1-3H3,(H,32,33)/b27-22-. The summed E-state index contributed by atoms with van der Waals surface area (Å²) in [6.45, 7) is 5.62. The summed E-state index contributed by atoms with van der Waals surface area (Å²) < 4.78 is 0. The van der Waals surface area contributed by atoms with Crippen LogP contribution >= 0.6 is 0 Å². The van der Waals surface area contributed by atoms with Gasteiger partial charge in [0.25, 0.3) is 0 Å². The van der Waals surface area contributed by atoms with Crippen molar-refractivity contribution in [1.29, 1.82) is 0 Å². The Kier molecular flexibility index (Phi) is 5.66. The summed E-state index contributed by atoms with van der Waals surface area (Å²) in [5.41, 5.74) is 7.58. The van der Waals surface area contributed by atoms with Crippen LogP contribution in [0.2, 0.25) is 0 Å². The van der Waals surface area contributed by atoms with Crippen molar-refractivity contribution in [3.63, 3.8) is 0 Å². The van der Waals surface area contributed by atoms with Crippen molar-refractivity contribution in [2.24, 2.45) is 10.2 Å². The van der Waals surface area contributed by atoms with Gasteiger partial charge in [-0.2, -0.15) is 15.2 Å². The smallest absolute Gasteiger partial charge is 0.335 e. The van der Waals surface area contributed by atoms with E-state index in [0.29, 0.717) is 22.6 Å². The molecule has 0 unspecified atom stereocenters. The number of amides is 1. The molecule has 0 bridgehead atoms. The lowest BCUT2D eigenvalue weighted by atomic mass is 9.99. The quantitative estimate of drug-likeness (QED) is 0.396. The van der Waals surface area contributed by atoms with Gasteiger partial charge in [-0.1, -0.05) is 47.5 Å². The second-order valence-electron chi connectivity index (χ2n) is 7.81. The molecule has 1 heterocycles. The van der Waals surface area contributed by atoms with E-state index in [2.05, 4.69) is 21.7 Å². The SMILES string of the molecule is CC1=NN(c2cccc(C(=O)O)c2)C(=O)/C1=N\Nc1cccc(-c2cc(C)cc(C)c2)c1O. The maximum atomic E-state index is 12.9. The van der Waals surface area contributed by atoms with Gasteiger partial charge in [-0.05, 0) is 50.6 Å². The zero-order chi connectivity index (χ0) is 23.7. The average molecular weight is 442 g/mol. The predicted octanol–water partition coefficient (Wildman–Crippen LogP) is 4.56. The van der Waals surface area contributed by atoms with Gasteiger partial charge in [0.2, 0.25) is 0 Å². The highest BCUT2D eigenvalue weighted by Crippen LogP contribution is 2.36. The van der Waals surface area contributed by atoms with E-state index in [1.165, 1.54) is 12.1 Å². The summed E-state index contributed by atoms with van der Waals surface area (Å²) in [6.07, 6.45) is 0. The van der Waals surface area contributed by atoms with Crippen LogP contribution in [0.4, 0.5) is 11.4 Å². The third kappa shape index (κ3) is 4.31. The number of hydrazone groups is 2. The first kappa shape index (κ1) is 21.8. The van der Waals surface area contributed by atoms with E-state index in [0.717, 1.165) is 21.7 Å². The van der Waals surface area contributed by atoms with Gasteiger partial charge in [0.1, 0.15) is 5.75 Å². The van der Waals surface area contributed by atoms with Crippen LogP contribution in [0.3, 0.4) is 0 Å². The highest BCUT2D eigenvalue weighted by atomic mass is 16.4. The number of carbonyl (C=O) groups is 2. The minimum Gasteiger partial charge on any atom is -0.505 e. The Morgan fingerprint density at radius 2 is 1.70 bits per heavy atom. The summed E-state index contributed by atoms with van der Waals surface area (Å²) in [7, 11) is 0. The van der Waals surface area contributed by atoms with Crippen LogP contribution < -0.4 is 10.4 Å². The Morgan fingerprint density at radius 1 is 1.00 bits per heavy atom. The van der Waals surface area contributed by atoms with E-state index >= 15 is 0 Å². The first-order chi connectivity index (χ1) is 15.7. The average Bonchev–Trinajstić information content (AvgIpc) is 3.06. The molecule has 0 atom stereocenters. The molecule has 1 aliphatic rings. The Bertz CT molecular complexity index is 1320. The van der Waals surface area contributed by atoms with E-state index in [1.807, 2.05) is 32.0 Å². The van der Waals surface area contributed by atoms with Crippen molar-refractivity contribution >= 4 is 34.7 Å². The van der Waals surface area contributed by atoms with E-state index in [4.69, 9.17) is 0 Å². The highest BCUT2D eigenvalue weighted by Gasteiger charge is 2.31. The van der Waals surface area contributed by atoms with Gasteiger partial charge in [-0.15, -0.1) is 0 Å². The number of aromatic hydroxyl groups is 1. The monoisotopic (exact) mass is 442 g/mol. The van der Waals surface area contributed by atoms with Gasteiger partial charge in [0.15, 0.2) is 5.71 Å². The first-order valence-electron chi connectivity index (χ1n) is 10.2. The number of phenols is 1. The van der Waals surface area contributed by atoms with Crippen LogP contribution in [0.5, 0.6) is 5.75 Å². The number of carbonyl (C=O) groups excluding carboxylic acids is 1. The van der Waals surface area contributed by atoms with Crippen LogP contribution in [0, 0.1) is 13.8 Å². The molecule has 4 rings (SSSR count). The second-order valence-corrected chi connectivity index (χ2v) is 7.81. The van der Waals surface area contributed by atoms with Crippen molar-refractivity contribution in [1.82, 2.24) is 0 Å². The van der Waals surface area contributed by atoms with Crippen molar-refractivity contribution in [2.45, 2.75) is 20.8 Å². The van der Waals surface area contributed by atoms with Gasteiger partial charge in [0.05, 0.1) is 22.6 Å². The minimum atomic E-state index is -1.10. The Morgan fingerprint density at radius 3 is 2.39 bits per heavy atom. The number of carboxylic acid groups (broad SMARTS) is 1. The zero-order valence-corrected chi connectivity index (χ0v) is 18.3. The predicted molar refractivity (Wildman–Crippen MR) is 128 cm³/mol. The molecule has 1 amide bonds. The molecule has 0 spiro atoms. The number of rotatable bonds is 5. The largest absolute Gasteiger partial charge is 0.505 e. The lowest BCUT2D eigenvalue weighted by molar-refractivity contribution is -0.112. The van der Waals surface area contributed by atoms with Crippen LogP contribution in [-0.2, 0) is 4.79 Å². The Balaban J connectivity index is 1.61. The van der Waals surface area contributed by atoms with Crippen LogP contribution in [0.15, 0.2) is 70.9 Å². The fourth-order valence-corrected chi connectivity index (χ4v) is 3.69. The Hall–Kier alpha value is -4.46. The Labute approximate surface area is 190 Å². The molecule has 166 valence electrons. The summed E-state index contributed by atoms with van der Waals surface area (Å²) in [6, 6.07) is 17.2. The third-order valence-corrected chi connectivity index (χ3v) is 5.18. The summed E-state index contributed by atoms with van der Waals surface area (Å²) in [5.74, 6) is -1.59. The molecule has 0 fully saturated rings. The summed E-state index contributed by atoms with van der Waals surface area (Å²) in [4.78, 5) is 24.1. The van der Waals surface area contributed by atoms with Gasteiger partial charge >= 0.3 is 11.9 Å². The number of aryl methyl sites for hydroxylation is 2. The van der Waals surface area contributed by atoms with E-state index in [9.17, 15) is 19.8 Å². The second kappa shape index (κ2) is 8.58. The van der Waals surface area contributed by atoms with Gasteiger partial charge in [-0.3, -0.25) is 10.2 Å². The highest BCUT2D eigenvalue weighted by molar-refractivity contribution is 6.71. The number of hydrogen-bond acceptors (Lipinski definition) is 6. The number of aromatic carboxylic acids is 1. The molecular weight excluding hydrogens is 420 g/mol. The fourth-order valence-electron chi connectivity index (χ4n) is 3.69. The molecule has 0 saturated carbocycles. The number of nitrogens with one attached hydrogen (secondary N) is 1. The zero-order valence-electron chi connectivity index (χ0n) is 18.3. The van der Waals surface area contributed by atoms with Crippen LogP contribution in [-0.4, -0.2) is 33.5 Å². The maximum absolute atomic E-state index is 12.9. The molecule has 3 N–H and O–H groups in total. The minimum absolute atomic E-state index is 0.0119. The molecule has 8 nitrogen and oxygen atoms in total. The molecule has 0 aliphatic carbocycles. The molecule has 3 aromatic carbocycles. The fraction of sp³-hybridized carbons (Fsp3) is 0.120. The number of hydrogen-bond donors (Lipinski definition) is 3. The number of para-hydroxylation sites is 1. The molecule has 0 radical (unpaired) electrons. The van der Waals surface area contributed by atoms with E-state index in [-0.39, 0.29) is 17.0 Å². The number of carboxylic acids is 1. The number of nitrogens with zero attached hydrogens (tertiary/aromatic N) is 3. The molecule has 8 heteroatoms. The van der Waals surface area contributed by atoms with Crippen molar-refractivity contribution in [3.05, 3.63) is 77.4 Å². The topological polar surface area (TPSA) is 115 Å².